The van der Waals surface area contributed by atoms with Gasteiger partial charge in [0.25, 0.3) is 0 Å². The third-order valence-corrected chi connectivity index (χ3v) is 3.57. The van der Waals surface area contributed by atoms with Crippen molar-refractivity contribution in [3.8, 4) is 0 Å². The quantitative estimate of drug-likeness (QED) is 0.749. The molecule has 0 spiro atoms. The van der Waals surface area contributed by atoms with Gasteiger partial charge in [-0.05, 0) is 27.7 Å². The lowest BCUT2D eigenvalue weighted by molar-refractivity contribution is -0.175. The van der Waals surface area contributed by atoms with Gasteiger partial charge in [-0.1, -0.05) is 0 Å². The smallest absolute Gasteiger partial charge is 0.164 e. The third-order valence-electron chi connectivity index (χ3n) is 3.57. The van der Waals surface area contributed by atoms with E-state index in [1.54, 1.807) is 0 Å². The fourth-order valence-electron chi connectivity index (χ4n) is 2.81. The Morgan fingerprint density at radius 1 is 0.789 bits per heavy atom. The minimum atomic E-state index is -0.641. The number of hydrogen-bond acceptors (Lipinski definition) is 6. The standard InChI is InChI=1S/C13H22O6/c1-12(2)16-6-9(17-12)11-10(8-5-14-7-15-8)18-13(3,4)19-11/h8-11H,5-7H2,1-4H3. The van der Waals surface area contributed by atoms with E-state index in [4.69, 9.17) is 28.4 Å². The minimum Gasteiger partial charge on any atom is -0.353 e. The molecule has 0 N–H and O–H groups in total. The maximum Gasteiger partial charge on any atom is 0.164 e. The van der Waals surface area contributed by atoms with E-state index >= 15 is 0 Å². The minimum absolute atomic E-state index is 0.112. The van der Waals surface area contributed by atoms with Crippen LogP contribution in [-0.2, 0) is 28.4 Å². The molecule has 0 aromatic carbocycles. The maximum absolute atomic E-state index is 5.99. The van der Waals surface area contributed by atoms with Crippen molar-refractivity contribution in [2.75, 3.05) is 20.0 Å². The zero-order chi connectivity index (χ0) is 13.7. The van der Waals surface area contributed by atoms with Crippen LogP contribution in [0.25, 0.3) is 0 Å². The predicted molar refractivity (Wildman–Crippen MR) is 64.4 cm³/mol. The molecule has 0 amide bonds. The molecular formula is C13H22O6. The molecule has 0 aliphatic carbocycles. The highest BCUT2D eigenvalue weighted by atomic mass is 16.8. The zero-order valence-electron chi connectivity index (χ0n) is 11.9. The SMILES string of the molecule is CC1(C)OCC(C2OC(C)(C)OC2C2COCO2)O1. The van der Waals surface area contributed by atoms with Gasteiger partial charge in [0.1, 0.15) is 31.2 Å². The van der Waals surface area contributed by atoms with Crippen LogP contribution in [0.1, 0.15) is 27.7 Å². The molecule has 3 aliphatic heterocycles. The van der Waals surface area contributed by atoms with E-state index in [0.717, 1.165) is 0 Å². The predicted octanol–water partition coefficient (Wildman–Crippen LogP) is 1.03. The molecule has 6 heteroatoms. The van der Waals surface area contributed by atoms with E-state index in [2.05, 4.69) is 0 Å². The molecule has 19 heavy (non-hydrogen) atoms. The van der Waals surface area contributed by atoms with Crippen LogP contribution in [0.5, 0.6) is 0 Å². The second-order valence-corrected chi connectivity index (χ2v) is 6.13. The van der Waals surface area contributed by atoms with Crippen LogP contribution >= 0.6 is 0 Å². The van der Waals surface area contributed by atoms with Gasteiger partial charge >= 0.3 is 0 Å². The molecule has 3 saturated heterocycles. The van der Waals surface area contributed by atoms with Gasteiger partial charge in [0.05, 0.1) is 13.2 Å². The molecule has 3 rings (SSSR count). The van der Waals surface area contributed by atoms with Crippen LogP contribution in [0.2, 0.25) is 0 Å². The van der Waals surface area contributed by atoms with Crippen molar-refractivity contribution in [2.45, 2.75) is 63.7 Å². The molecule has 4 unspecified atom stereocenters. The Hall–Kier alpha value is -0.240. The van der Waals surface area contributed by atoms with E-state index in [9.17, 15) is 0 Å². The Labute approximate surface area is 113 Å². The molecule has 0 aromatic rings. The van der Waals surface area contributed by atoms with Crippen molar-refractivity contribution in [3.05, 3.63) is 0 Å². The number of rotatable bonds is 2. The van der Waals surface area contributed by atoms with Gasteiger partial charge in [-0.2, -0.15) is 0 Å². The Morgan fingerprint density at radius 3 is 2.00 bits per heavy atom. The van der Waals surface area contributed by atoms with Crippen LogP contribution in [0.3, 0.4) is 0 Å². The monoisotopic (exact) mass is 274 g/mol. The van der Waals surface area contributed by atoms with Gasteiger partial charge < -0.3 is 28.4 Å². The lowest BCUT2D eigenvalue weighted by Gasteiger charge is -2.25. The lowest BCUT2D eigenvalue weighted by atomic mass is 10.0. The largest absolute Gasteiger partial charge is 0.353 e. The summed E-state index contributed by atoms with van der Waals surface area (Å²) in [6.45, 7) is 8.94. The summed E-state index contributed by atoms with van der Waals surface area (Å²) >= 11 is 0. The lowest BCUT2D eigenvalue weighted by Crippen LogP contribution is -2.44. The Balaban J connectivity index is 1.74. The van der Waals surface area contributed by atoms with Crippen LogP contribution in [0, 0.1) is 0 Å². The molecule has 110 valence electrons. The van der Waals surface area contributed by atoms with Crippen molar-refractivity contribution in [1.29, 1.82) is 0 Å². The summed E-state index contributed by atoms with van der Waals surface area (Å²) in [7, 11) is 0. The normalized spacial score (nSPS) is 44.8. The first kappa shape index (κ1) is 13.7. The molecule has 4 atom stereocenters. The molecule has 0 radical (unpaired) electrons. The summed E-state index contributed by atoms with van der Waals surface area (Å²) in [5.41, 5.74) is 0. The summed E-state index contributed by atoms with van der Waals surface area (Å²) < 4.78 is 34.3. The molecule has 0 aromatic heterocycles. The second kappa shape index (κ2) is 4.65. The van der Waals surface area contributed by atoms with E-state index in [1.165, 1.54) is 0 Å². The summed E-state index contributed by atoms with van der Waals surface area (Å²) in [4.78, 5) is 0. The first-order chi connectivity index (χ1) is 8.86. The van der Waals surface area contributed by atoms with Crippen LogP contribution in [-0.4, -0.2) is 56.0 Å². The molecule has 3 fully saturated rings. The number of hydrogen-bond donors (Lipinski definition) is 0. The highest BCUT2D eigenvalue weighted by Crippen LogP contribution is 2.37. The van der Waals surface area contributed by atoms with Gasteiger partial charge in [0, 0.05) is 0 Å². The van der Waals surface area contributed by atoms with Gasteiger partial charge in [-0.3, -0.25) is 0 Å². The van der Waals surface area contributed by atoms with Crippen LogP contribution in [0.15, 0.2) is 0 Å². The van der Waals surface area contributed by atoms with E-state index < -0.39 is 11.6 Å². The van der Waals surface area contributed by atoms with Crippen LogP contribution < -0.4 is 0 Å². The first-order valence-electron chi connectivity index (χ1n) is 6.73. The second-order valence-electron chi connectivity index (χ2n) is 6.13. The summed E-state index contributed by atoms with van der Waals surface area (Å²) in [5.74, 6) is -1.21. The number of ether oxygens (including phenoxy) is 6. The maximum atomic E-state index is 5.99. The van der Waals surface area contributed by atoms with Gasteiger partial charge in [-0.15, -0.1) is 0 Å². The third kappa shape index (κ3) is 2.79. The van der Waals surface area contributed by atoms with Crippen molar-refractivity contribution in [2.24, 2.45) is 0 Å². The topological polar surface area (TPSA) is 55.4 Å². The van der Waals surface area contributed by atoms with Crippen molar-refractivity contribution in [3.63, 3.8) is 0 Å². The Morgan fingerprint density at radius 2 is 1.47 bits per heavy atom. The summed E-state index contributed by atoms with van der Waals surface area (Å²) in [5, 5.41) is 0. The summed E-state index contributed by atoms with van der Waals surface area (Å²) in [6.07, 6.45) is -0.659. The van der Waals surface area contributed by atoms with Crippen molar-refractivity contribution in [1.82, 2.24) is 0 Å². The fourth-order valence-corrected chi connectivity index (χ4v) is 2.81. The van der Waals surface area contributed by atoms with Crippen molar-refractivity contribution >= 4 is 0 Å². The average molecular weight is 274 g/mol. The highest BCUT2D eigenvalue weighted by Gasteiger charge is 2.53. The van der Waals surface area contributed by atoms with E-state index in [1.807, 2.05) is 27.7 Å². The van der Waals surface area contributed by atoms with Crippen LogP contribution in [0.4, 0.5) is 0 Å². The highest BCUT2D eigenvalue weighted by molar-refractivity contribution is 4.94. The molecule has 6 nitrogen and oxygen atoms in total. The van der Waals surface area contributed by atoms with E-state index in [0.29, 0.717) is 20.0 Å². The Kier molecular flexibility index (Phi) is 3.36. The fraction of sp³-hybridized carbons (Fsp3) is 1.00. The first-order valence-corrected chi connectivity index (χ1v) is 6.73. The zero-order valence-corrected chi connectivity index (χ0v) is 11.9. The molecule has 0 bridgehead atoms. The Bertz CT molecular complexity index is 336. The van der Waals surface area contributed by atoms with Crippen molar-refractivity contribution < 1.29 is 28.4 Å². The molecule has 3 aliphatic rings. The molecule has 3 heterocycles. The summed E-state index contributed by atoms with van der Waals surface area (Å²) in [6, 6.07) is 0. The molecular weight excluding hydrogens is 252 g/mol. The van der Waals surface area contributed by atoms with E-state index in [-0.39, 0.29) is 24.4 Å². The molecule has 0 saturated carbocycles. The average Bonchev–Trinajstić information content (AvgIpc) is 2.96. The van der Waals surface area contributed by atoms with Gasteiger partial charge in [0.2, 0.25) is 0 Å². The van der Waals surface area contributed by atoms with Gasteiger partial charge in [-0.25, -0.2) is 0 Å². The van der Waals surface area contributed by atoms with Gasteiger partial charge in [0.15, 0.2) is 11.6 Å².